The average molecular weight is 228 g/mol. The molecule has 1 aliphatic heterocycles. The van der Waals surface area contributed by atoms with Crippen molar-refractivity contribution in [3.05, 3.63) is 0 Å². The van der Waals surface area contributed by atoms with Crippen LogP contribution in [0.1, 0.15) is 33.6 Å². The van der Waals surface area contributed by atoms with Crippen molar-refractivity contribution in [2.24, 2.45) is 0 Å². The van der Waals surface area contributed by atoms with E-state index < -0.39 is 0 Å². The Morgan fingerprint density at radius 1 is 1.50 bits per heavy atom. The van der Waals surface area contributed by atoms with Crippen LogP contribution in [0.4, 0.5) is 0 Å². The fourth-order valence-corrected chi connectivity index (χ4v) is 1.68. The number of piperidine rings is 1. The second-order valence-corrected chi connectivity index (χ2v) is 4.22. The predicted octanol–water partition coefficient (Wildman–Crippen LogP) is 0.496. The first-order chi connectivity index (χ1) is 7.54. The molecule has 16 heavy (non-hydrogen) atoms. The number of amides is 2. The van der Waals surface area contributed by atoms with Crippen LogP contribution in [0.5, 0.6) is 0 Å². The van der Waals surface area contributed by atoms with Crippen molar-refractivity contribution < 1.29 is 14.3 Å². The molecule has 1 atom stereocenters. The molecular weight excluding hydrogens is 208 g/mol. The molecule has 0 aromatic heterocycles. The summed E-state index contributed by atoms with van der Waals surface area (Å²) >= 11 is 0. The summed E-state index contributed by atoms with van der Waals surface area (Å²) in [5.74, 6) is -0.382. The minimum absolute atomic E-state index is 0.141. The molecule has 0 bridgehead atoms. The molecule has 0 aliphatic carbocycles. The molecule has 1 heterocycles. The monoisotopic (exact) mass is 228 g/mol. The molecule has 1 fully saturated rings. The Kier molecular flexibility index (Phi) is 4.89. The lowest BCUT2D eigenvalue weighted by molar-refractivity contribution is -0.140. The predicted molar refractivity (Wildman–Crippen MR) is 59.6 cm³/mol. The first-order valence-corrected chi connectivity index (χ1v) is 5.74. The summed E-state index contributed by atoms with van der Waals surface area (Å²) in [5.41, 5.74) is 0. The number of nitrogens with one attached hydrogen (secondary N) is 1. The number of rotatable bonds is 5. The van der Waals surface area contributed by atoms with Crippen LogP contribution in [0.25, 0.3) is 0 Å². The quantitative estimate of drug-likeness (QED) is 0.550. The average Bonchev–Trinajstić information content (AvgIpc) is 2.21. The van der Waals surface area contributed by atoms with Gasteiger partial charge in [-0.1, -0.05) is 6.92 Å². The molecule has 5 heteroatoms. The Labute approximate surface area is 96.1 Å². The molecule has 1 unspecified atom stereocenters. The van der Waals surface area contributed by atoms with Gasteiger partial charge in [0.1, 0.15) is 0 Å². The zero-order chi connectivity index (χ0) is 12.1. The molecule has 1 saturated heterocycles. The maximum atomic E-state index is 11.6. The largest absolute Gasteiger partial charge is 0.363 e. The van der Waals surface area contributed by atoms with Gasteiger partial charge in [-0.3, -0.25) is 19.8 Å². The number of carbonyl (C=O) groups is 2. The summed E-state index contributed by atoms with van der Waals surface area (Å²) in [6.45, 7) is 7.06. The maximum Gasteiger partial charge on any atom is 0.243 e. The first kappa shape index (κ1) is 13.1. The van der Waals surface area contributed by atoms with Gasteiger partial charge in [0.2, 0.25) is 11.8 Å². The maximum absolute atomic E-state index is 11.6. The van der Waals surface area contributed by atoms with E-state index in [9.17, 15) is 9.59 Å². The van der Waals surface area contributed by atoms with Gasteiger partial charge in [-0.2, -0.15) is 0 Å². The highest BCUT2D eigenvalue weighted by molar-refractivity contribution is 6.00. The Morgan fingerprint density at radius 3 is 2.69 bits per heavy atom. The third kappa shape index (κ3) is 3.57. The Morgan fingerprint density at radius 2 is 2.19 bits per heavy atom. The molecular formula is C11H20N2O3. The number of carbonyl (C=O) groups excluding carboxylic acids is 2. The Hall–Kier alpha value is -0.940. The molecule has 1 rings (SSSR count). The van der Waals surface area contributed by atoms with Crippen molar-refractivity contribution in [1.82, 2.24) is 10.2 Å². The fraction of sp³-hybridized carbons (Fsp3) is 0.818. The van der Waals surface area contributed by atoms with Crippen LogP contribution >= 0.6 is 0 Å². The zero-order valence-electron chi connectivity index (χ0n) is 10.2. The third-order valence-electron chi connectivity index (χ3n) is 2.63. The summed E-state index contributed by atoms with van der Waals surface area (Å²) in [6, 6.07) is -0.235. The highest BCUT2D eigenvalue weighted by atomic mass is 16.5. The summed E-state index contributed by atoms with van der Waals surface area (Å²) in [4.78, 5) is 24.6. The second-order valence-electron chi connectivity index (χ2n) is 4.22. The lowest BCUT2D eigenvalue weighted by Crippen LogP contribution is -2.53. The van der Waals surface area contributed by atoms with E-state index in [4.69, 9.17) is 4.74 Å². The second kappa shape index (κ2) is 5.96. The minimum Gasteiger partial charge on any atom is -0.363 e. The lowest BCUT2D eigenvalue weighted by atomic mass is 10.1. The molecule has 0 spiro atoms. The van der Waals surface area contributed by atoms with Crippen molar-refractivity contribution in [1.29, 1.82) is 0 Å². The number of imide groups is 1. The van der Waals surface area contributed by atoms with Crippen LogP contribution in [0.3, 0.4) is 0 Å². The van der Waals surface area contributed by atoms with E-state index in [0.29, 0.717) is 19.6 Å². The summed E-state index contributed by atoms with van der Waals surface area (Å²) < 4.78 is 5.48. The van der Waals surface area contributed by atoms with E-state index in [1.165, 1.54) is 0 Å². The minimum atomic E-state index is -0.235. The molecule has 1 N–H and O–H groups in total. The van der Waals surface area contributed by atoms with Crippen molar-refractivity contribution in [2.45, 2.75) is 45.8 Å². The first-order valence-electron chi connectivity index (χ1n) is 5.74. The van der Waals surface area contributed by atoms with Crippen molar-refractivity contribution in [2.75, 3.05) is 13.3 Å². The lowest BCUT2D eigenvalue weighted by Gasteiger charge is -2.32. The van der Waals surface area contributed by atoms with Crippen LogP contribution < -0.4 is 5.32 Å². The normalized spacial score (nSPS) is 21.7. The molecule has 2 amide bonds. The number of ether oxygens (including phenoxy) is 1. The molecule has 0 aromatic carbocycles. The van der Waals surface area contributed by atoms with Gasteiger partial charge in [0, 0.05) is 6.42 Å². The summed E-state index contributed by atoms with van der Waals surface area (Å²) in [6.07, 6.45) is 1.14. The van der Waals surface area contributed by atoms with E-state index in [1.807, 2.05) is 25.7 Å². The van der Waals surface area contributed by atoms with Gasteiger partial charge >= 0.3 is 0 Å². The molecule has 0 saturated carbocycles. The topological polar surface area (TPSA) is 58.6 Å². The third-order valence-corrected chi connectivity index (χ3v) is 2.63. The van der Waals surface area contributed by atoms with E-state index in [2.05, 4.69) is 5.32 Å². The van der Waals surface area contributed by atoms with E-state index in [-0.39, 0.29) is 24.0 Å². The van der Waals surface area contributed by atoms with Gasteiger partial charge in [-0.25, -0.2) is 0 Å². The molecule has 92 valence electrons. The number of likely N-dealkylation sites (N-methyl/N-ethyl adjacent to an activating group) is 1. The van der Waals surface area contributed by atoms with Crippen molar-refractivity contribution in [3.63, 3.8) is 0 Å². The molecule has 1 aliphatic rings. The van der Waals surface area contributed by atoms with Crippen LogP contribution in [0.2, 0.25) is 0 Å². The van der Waals surface area contributed by atoms with Gasteiger partial charge in [0.25, 0.3) is 0 Å². The zero-order valence-corrected chi connectivity index (χ0v) is 10.2. The van der Waals surface area contributed by atoms with E-state index >= 15 is 0 Å². The molecule has 0 aromatic rings. The van der Waals surface area contributed by atoms with Gasteiger partial charge < -0.3 is 4.74 Å². The SMILES string of the molecule is CCN(COC(C)C)C1CCC(=O)NC1=O. The van der Waals surface area contributed by atoms with Gasteiger partial charge in [0.15, 0.2) is 0 Å². The summed E-state index contributed by atoms with van der Waals surface area (Å²) in [7, 11) is 0. The number of hydrogen-bond donors (Lipinski definition) is 1. The van der Waals surface area contributed by atoms with Crippen LogP contribution in [0, 0.1) is 0 Å². The van der Waals surface area contributed by atoms with Crippen LogP contribution in [-0.2, 0) is 14.3 Å². The van der Waals surface area contributed by atoms with Gasteiger partial charge in [-0.15, -0.1) is 0 Å². The van der Waals surface area contributed by atoms with Crippen LogP contribution in [0.15, 0.2) is 0 Å². The molecule has 0 radical (unpaired) electrons. The van der Waals surface area contributed by atoms with Crippen LogP contribution in [-0.4, -0.2) is 42.1 Å². The highest BCUT2D eigenvalue weighted by Gasteiger charge is 2.30. The summed E-state index contributed by atoms with van der Waals surface area (Å²) in [5, 5.41) is 2.36. The smallest absolute Gasteiger partial charge is 0.243 e. The highest BCUT2D eigenvalue weighted by Crippen LogP contribution is 2.12. The fourth-order valence-electron chi connectivity index (χ4n) is 1.68. The number of nitrogens with zero attached hydrogens (tertiary/aromatic N) is 1. The van der Waals surface area contributed by atoms with E-state index in [1.54, 1.807) is 0 Å². The number of hydrogen-bond acceptors (Lipinski definition) is 4. The van der Waals surface area contributed by atoms with Crippen molar-refractivity contribution in [3.8, 4) is 0 Å². The van der Waals surface area contributed by atoms with E-state index in [0.717, 1.165) is 6.54 Å². The molecule has 5 nitrogen and oxygen atoms in total. The Balaban J connectivity index is 2.51. The van der Waals surface area contributed by atoms with Gasteiger partial charge in [0.05, 0.1) is 18.9 Å². The van der Waals surface area contributed by atoms with Gasteiger partial charge in [-0.05, 0) is 26.8 Å². The Bertz CT molecular complexity index is 266. The van der Waals surface area contributed by atoms with Crippen molar-refractivity contribution >= 4 is 11.8 Å². The standard InChI is InChI=1S/C11H20N2O3/c1-4-13(7-16-8(2)3)9-5-6-10(14)12-11(9)15/h8-9H,4-7H2,1-3H3,(H,12,14,15).